The van der Waals surface area contributed by atoms with Crippen molar-refractivity contribution >= 4 is 0 Å². The van der Waals surface area contributed by atoms with Crippen molar-refractivity contribution in [2.45, 2.75) is 26.4 Å². The van der Waals surface area contributed by atoms with Crippen molar-refractivity contribution in [2.24, 2.45) is 5.92 Å². The van der Waals surface area contributed by atoms with Gasteiger partial charge in [0.1, 0.15) is 0 Å². The summed E-state index contributed by atoms with van der Waals surface area (Å²) in [7, 11) is 1.77. The van der Waals surface area contributed by atoms with Crippen molar-refractivity contribution in [2.75, 3.05) is 7.11 Å². The molecule has 2 unspecified atom stereocenters. The molecule has 1 heteroatoms. The van der Waals surface area contributed by atoms with E-state index in [9.17, 15) is 0 Å². The molecule has 0 saturated heterocycles. The van der Waals surface area contributed by atoms with Gasteiger partial charge < -0.3 is 4.74 Å². The van der Waals surface area contributed by atoms with E-state index < -0.39 is 0 Å². The lowest BCUT2D eigenvalue weighted by Gasteiger charge is -2.15. The van der Waals surface area contributed by atoms with Gasteiger partial charge in [-0.25, -0.2) is 0 Å². The third-order valence-corrected chi connectivity index (χ3v) is 2.42. The summed E-state index contributed by atoms with van der Waals surface area (Å²) >= 11 is 0. The highest BCUT2D eigenvalue weighted by Crippen LogP contribution is 2.33. The quantitative estimate of drug-likeness (QED) is 0.591. The Hall–Kier alpha value is -0.560. The van der Waals surface area contributed by atoms with E-state index in [0.29, 0.717) is 5.92 Å². The minimum Gasteiger partial charge on any atom is -0.376 e. The van der Waals surface area contributed by atoms with Gasteiger partial charge >= 0.3 is 0 Å². The topological polar surface area (TPSA) is 9.23 Å². The predicted molar refractivity (Wildman–Crippen MR) is 47.5 cm³/mol. The summed E-state index contributed by atoms with van der Waals surface area (Å²) in [6, 6.07) is 0. The molecule has 1 aliphatic rings. The van der Waals surface area contributed by atoms with Gasteiger partial charge in [0.25, 0.3) is 0 Å². The Balaban J connectivity index is 2.84. The van der Waals surface area contributed by atoms with Gasteiger partial charge in [-0.2, -0.15) is 0 Å². The molecular weight excluding hydrogens is 136 g/mol. The summed E-state index contributed by atoms with van der Waals surface area (Å²) in [5.74, 6) is 0.619. The Bertz CT molecular complexity index is 191. The summed E-state index contributed by atoms with van der Waals surface area (Å²) in [5, 5.41) is 0. The molecule has 2 atom stereocenters. The van der Waals surface area contributed by atoms with Crippen molar-refractivity contribution in [1.82, 2.24) is 0 Å². The second-order valence-electron chi connectivity index (χ2n) is 3.28. The van der Waals surface area contributed by atoms with Gasteiger partial charge in [0.15, 0.2) is 0 Å². The Morgan fingerprint density at radius 2 is 2.27 bits per heavy atom. The molecular formula is C10H16O. The number of methoxy groups -OCH3 is 1. The third kappa shape index (κ3) is 1.38. The Morgan fingerprint density at radius 3 is 2.64 bits per heavy atom. The molecule has 1 nitrogen and oxygen atoms in total. The van der Waals surface area contributed by atoms with E-state index in [2.05, 4.69) is 20.4 Å². The van der Waals surface area contributed by atoms with E-state index in [0.717, 1.165) is 6.42 Å². The third-order valence-electron chi connectivity index (χ3n) is 2.42. The van der Waals surface area contributed by atoms with E-state index in [1.165, 1.54) is 11.1 Å². The van der Waals surface area contributed by atoms with Gasteiger partial charge in [-0.15, -0.1) is 0 Å². The molecule has 0 amide bonds. The van der Waals surface area contributed by atoms with Crippen molar-refractivity contribution in [3.8, 4) is 0 Å². The average molecular weight is 152 g/mol. The highest BCUT2D eigenvalue weighted by molar-refractivity contribution is 5.32. The van der Waals surface area contributed by atoms with Gasteiger partial charge in [-0.05, 0) is 24.8 Å². The van der Waals surface area contributed by atoms with Crippen molar-refractivity contribution in [3.05, 3.63) is 23.8 Å². The van der Waals surface area contributed by atoms with E-state index in [1.54, 1.807) is 7.11 Å². The summed E-state index contributed by atoms with van der Waals surface area (Å²) in [6.07, 6.45) is 3.36. The summed E-state index contributed by atoms with van der Waals surface area (Å²) < 4.78 is 5.37. The molecule has 0 radical (unpaired) electrons. The van der Waals surface area contributed by atoms with E-state index in [1.807, 2.05) is 6.08 Å². The minimum absolute atomic E-state index is 0.285. The summed E-state index contributed by atoms with van der Waals surface area (Å²) in [6.45, 7) is 8.16. The van der Waals surface area contributed by atoms with Crippen LogP contribution in [0.4, 0.5) is 0 Å². The SMILES string of the molecule is C=CC1=C(C)CC(C)C1OC. The molecule has 11 heavy (non-hydrogen) atoms. The monoisotopic (exact) mass is 152 g/mol. The van der Waals surface area contributed by atoms with Crippen LogP contribution in [-0.4, -0.2) is 13.2 Å². The predicted octanol–water partition coefficient (Wildman–Crippen LogP) is 2.54. The Morgan fingerprint density at radius 1 is 1.64 bits per heavy atom. The largest absolute Gasteiger partial charge is 0.376 e. The van der Waals surface area contributed by atoms with Crippen molar-refractivity contribution in [3.63, 3.8) is 0 Å². The second-order valence-corrected chi connectivity index (χ2v) is 3.28. The first-order valence-electron chi connectivity index (χ1n) is 4.05. The van der Waals surface area contributed by atoms with Crippen LogP contribution in [0.15, 0.2) is 23.8 Å². The summed E-state index contributed by atoms with van der Waals surface area (Å²) in [5.41, 5.74) is 2.72. The standard InChI is InChI=1S/C10H16O/c1-5-9-7(2)6-8(3)10(9)11-4/h5,8,10H,1,6H2,2-4H3. The molecule has 0 heterocycles. The molecule has 1 rings (SSSR count). The minimum atomic E-state index is 0.285. The number of ether oxygens (including phenoxy) is 1. The van der Waals surface area contributed by atoms with Crippen LogP contribution in [0.3, 0.4) is 0 Å². The lowest BCUT2D eigenvalue weighted by molar-refractivity contribution is 0.100. The number of hydrogen-bond acceptors (Lipinski definition) is 1. The van der Waals surface area contributed by atoms with Crippen LogP contribution < -0.4 is 0 Å². The van der Waals surface area contributed by atoms with Gasteiger partial charge in [-0.1, -0.05) is 25.2 Å². The molecule has 0 spiro atoms. The van der Waals surface area contributed by atoms with Crippen LogP contribution in [0.25, 0.3) is 0 Å². The number of hydrogen-bond donors (Lipinski definition) is 0. The molecule has 0 aromatic heterocycles. The lowest BCUT2D eigenvalue weighted by Crippen LogP contribution is -2.16. The maximum Gasteiger partial charge on any atom is 0.0848 e. The second kappa shape index (κ2) is 3.22. The molecule has 0 bridgehead atoms. The highest BCUT2D eigenvalue weighted by Gasteiger charge is 2.27. The molecule has 0 saturated carbocycles. The lowest BCUT2D eigenvalue weighted by atomic mass is 10.0. The fourth-order valence-corrected chi connectivity index (χ4v) is 1.91. The number of rotatable bonds is 2. The molecule has 62 valence electrons. The van der Waals surface area contributed by atoms with Crippen molar-refractivity contribution < 1.29 is 4.74 Å². The van der Waals surface area contributed by atoms with Gasteiger partial charge in [0.05, 0.1) is 6.10 Å². The van der Waals surface area contributed by atoms with Crippen molar-refractivity contribution in [1.29, 1.82) is 0 Å². The normalized spacial score (nSPS) is 31.2. The van der Waals surface area contributed by atoms with Crippen LogP contribution in [0.5, 0.6) is 0 Å². The summed E-state index contributed by atoms with van der Waals surface area (Å²) in [4.78, 5) is 0. The van der Waals surface area contributed by atoms with E-state index in [4.69, 9.17) is 4.74 Å². The highest BCUT2D eigenvalue weighted by atomic mass is 16.5. The Kier molecular flexibility index (Phi) is 2.50. The van der Waals surface area contributed by atoms with Crippen LogP contribution in [0.1, 0.15) is 20.3 Å². The fraction of sp³-hybridized carbons (Fsp3) is 0.600. The molecule has 0 aromatic rings. The first-order valence-corrected chi connectivity index (χ1v) is 4.05. The average Bonchev–Trinajstić information content (AvgIpc) is 2.24. The molecule has 0 fully saturated rings. The Labute approximate surface area is 68.8 Å². The maximum absolute atomic E-state index is 5.37. The van der Waals surface area contributed by atoms with Gasteiger partial charge in [-0.3, -0.25) is 0 Å². The molecule has 0 N–H and O–H groups in total. The zero-order valence-corrected chi connectivity index (χ0v) is 7.55. The van der Waals surface area contributed by atoms with Crippen LogP contribution in [-0.2, 0) is 4.74 Å². The first-order chi connectivity index (χ1) is 5.20. The zero-order chi connectivity index (χ0) is 8.43. The maximum atomic E-state index is 5.37. The van der Waals surface area contributed by atoms with Crippen LogP contribution >= 0.6 is 0 Å². The van der Waals surface area contributed by atoms with Crippen LogP contribution in [0, 0.1) is 5.92 Å². The molecule has 0 aliphatic heterocycles. The van der Waals surface area contributed by atoms with Gasteiger partial charge in [0.2, 0.25) is 0 Å². The smallest absolute Gasteiger partial charge is 0.0848 e. The van der Waals surface area contributed by atoms with Gasteiger partial charge in [0, 0.05) is 7.11 Å². The van der Waals surface area contributed by atoms with E-state index in [-0.39, 0.29) is 6.10 Å². The molecule has 1 aliphatic carbocycles. The first kappa shape index (κ1) is 8.54. The van der Waals surface area contributed by atoms with Crippen LogP contribution in [0.2, 0.25) is 0 Å². The zero-order valence-electron chi connectivity index (χ0n) is 7.55. The number of allylic oxidation sites excluding steroid dienone is 1. The molecule has 0 aromatic carbocycles. The fourth-order valence-electron chi connectivity index (χ4n) is 1.91. The van der Waals surface area contributed by atoms with E-state index >= 15 is 0 Å².